The van der Waals surface area contributed by atoms with Crippen LogP contribution in [0.15, 0.2) is 78.2 Å². The predicted molar refractivity (Wildman–Crippen MR) is 129 cm³/mol. The first-order valence-corrected chi connectivity index (χ1v) is 12.2. The molecule has 33 heavy (non-hydrogen) atoms. The Bertz CT molecular complexity index is 1300. The second kappa shape index (κ2) is 9.28. The topological polar surface area (TPSA) is 43.2 Å². The molecular formula is C24H17Cl3FN3OS. The molecule has 2 heterocycles. The van der Waals surface area contributed by atoms with Crippen LogP contribution in [0.3, 0.4) is 0 Å². The first-order valence-electron chi connectivity index (χ1n) is 10.1. The molecule has 4 aromatic rings. The molecule has 1 aliphatic rings. The number of hydrogen-bond donors (Lipinski definition) is 0. The molecule has 1 aromatic heterocycles. The Morgan fingerprint density at radius 2 is 1.82 bits per heavy atom. The van der Waals surface area contributed by atoms with E-state index in [1.165, 1.54) is 24.0 Å². The number of aromatic nitrogens is 3. The number of rotatable bonds is 7. The Hall–Kier alpha value is -2.09. The summed E-state index contributed by atoms with van der Waals surface area (Å²) in [5, 5.41) is 6.38. The zero-order valence-electron chi connectivity index (χ0n) is 17.1. The van der Waals surface area contributed by atoms with Gasteiger partial charge in [0, 0.05) is 16.3 Å². The van der Waals surface area contributed by atoms with Gasteiger partial charge in [0.25, 0.3) is 0 Å². The molecule has 3 aromatic carbocycles. The molecule has 0 spiro atoms. The van der Waals surface area contributed by atoms with Gasteiger partial charge in [0.2, 0.25) is 0 Å². The van der Waals surface area contributed by atoms with Gasteiger partial charge in [0.15, 0.2) is 5.16 Å². The lowest BCUT2D eigenvalue weighted by Gasteiger charge is -2.17. The fourth-order valence-corrected chi connectivity index (χ4v) is 5.19. The van der Waals surface area contributed by atoms with E-state index in [-0.39, 0.29) is 6.54 Å². The maximum atomic E-state index is 15.0. The SMILES string of the molecule is Fc1ccc(Cl)cc1C1(Cn2ncnc2SCc2ccccc2)OC1c1ccc(Cl)c(Cl)c1. The van der Waals surface area contributed by atoms with Gasteiger partial charge in [-0.05, 0) is 41.5 Å². The highest BCUT2D eigenvalue weighted by Crippen LogP contribution is 2.59. The molecule has 0 amide bonds. The minimum Gasteiger partial charge on any atom is -0.354 e. The standard InChI is InChI=1S/C24H17Cl3FN3OS/c25-17-7-9-21(28)18(11-17)24(22(32-24)16-6-8-19(26)20(27)10-16)13-31-23(29-14-30-31)33-12-15-4-2-1-3-5-15/h1-11,14,22H,12-13H2. The van der Waals surface area contributed by atoms with Crippen LogP contribution in [0.5, 0.6) is 0 Å². The quantitative estimate of drug-likeness (QED) is 0.189. The van der Waals surface area contributed by atoms with E-state index in [2.05, 4.69) is 22.2 Å². The molecule has 2 atom stereocenters. The second-order valence-electron chi connectivity index (χ2n) is 7.66. The minimum absolute atomic E-state index is 0.256. The van der Waals surface area contributed by atoms with Crippen molar-refractivity contribution in [3.05, 3.63) is 111 Å². The van der Waals surface area contributed by atoms with E-state index in [4.69, 9.17) is 39.5 Å². The lowest BCUT2D eigenvalue weighted by atomic mass is 9.91. The number of thioether (sulfide) groups is 1. The Kier molecular flexibility index (Phi) is 6.38. The highest BCUT2D eigenvalue weighted by atomic mass is 35.5. The Labute approximate surface area is 209 Å². The summed E-state index contributed by atoms with van der Waals surface area (Å²) < 4.78 is 22.9. The maximum Gasteiger partial charge on any atom is 0.186 e. The van der Waals surface area contributed by atoms with E-state index >= 15 is 4.39 Å². The van der Waals surface area contributed by atoms with Crippen molar-refractivity contribution in [1.29, 1.82) is 0 Å². The molecule has 9 heteroatoms. The lowest BCUT2D eigenvalue weighted by molar-refractivity contribution is 0.251. The highest BCUT2D eigenvalue weighted by Gasteiger charge is 2.60. The Morgan fingerprint density at radius 1 is 1.00 bits per heavy atom. The van der Waals surface area contributed by atoms with Crippen molar-refractivity contribution in [1.82, 2.24) is 14.8 Å². The number of halogens is 4. The van der Waals surface area contributed by atoms with Crippen LogP contribution in [-0.2, 0) is 22.6 Å². The van der Waals surface area contributed by atoms with Gasteiger partial charge < -0.3 is 4.74 Å². The van der Waals surface area contributed by atoms with Gasteiger partial charge >= 0.3 is 0 Å². The monoisotopic (exact) mass is 519 g/mol. The minimum atomic E-state index is -1.01. The van der Waals surface area contributed by atoms with Crippen molar-refractivity contribution < 1.29 is 9.13 Å². The molecule has 1 fully saturated rings. The number of benzene rings is 3. The predicted octanol–water partition coefficient (Wildman–Crippen LogP) is 7.34. The number of hydrogen-bond acceptors (Lipinski definition) is 4. The normalized spacial score (nSPS) is 19.6. The first kappa shape index (κ1) is 22.7. The molecular weight excluding hydrogens is 504 g/mol. The molecule has 0 radical (unpaired) electrons. The van der Waals surface area contributed by atoms with Gasteiger partial charge in [0.05, 0.1) is 16.6 Å². The Balaban J connectivity index is 1.48. The van der Waals surface area contributed by atoms with Crippen LogP contribution in [0, 0.1) is 5.82 Å². The molecule has 168 valence electrons. The van der Waals surface area contributed by atoms with E-state index in [1.54, 1.807) is 34.6 Å². The highest BCUT2D eigenvalue weighted by molar-refractivity contribution is 7.98. The van der Waals surface area contributed by atoms with Crippen LogP contribution in [0.25, 0.3) is 0 Å². The van der Waals surface area contributed by atoms with Gasteiger partial charge in [-0.1, -0.05) is 83.0 Å². The molecule has 1 aliphatic heterocycles. The van der Waals surface area contributed by atoms with Crippen molar-refractivity contribution in [2.75, 3.05) is 0 Å². The van der Waals surface area contributed by atoms with Crippen LogP contribution in [0.2, 0.25) is 15.1 Å². The van der Waals surface area contributed by atoms with Crippen LogP contribution in [-0.4, -0.2) is 14.8 Å². The summed E-state index contributed by atoms with van der Waals surface area (Å²) >= 11 is 20.1. The fourth-order valence-electron chi connectivity index (χ4n) is 3.84. The molecule has 4 nitrogen and oxygen atoms in total. The number of nitrogens with zero attached hydrogens (tertiary/aromatic N) is 3. The van der Waals surface area contributed by atoms with Crippen LogP contribution < -0.4 is 0 Å². The van der Waals surface area contributed by atoms with Crippen LogP contribution >= 0.6 is 46.6 Å². The maximum absolute atomic E-state index is 15.0. The van der Waals surface area contributed by atoms with E-state index in [0.717, 1.165) is 11.3 Å². The van der Waals surface area contributed by atoms with Crippen LogP contribution in [0.4, 0.5) is 4.39 Å². The molecule has 0 N–H and O–H groups in total. The van der Waals surface area contributed by atoms with Crippen molar-refractivity contribution in [3.8, 4) is 0 Å². The smallest absolute Gasteiger partial charge is 0.186 e. The summed E-state index contributed by atoms with van der Waals surface area (Å²) in [4.78, 5) is 4.40. The zero-order chi connectivity index (χ0) is 23.0. The van der Waals surface area contributed by atoms with Crippen LogP contribution in [0.1, 0.15) is 22.8 Å². The molecule has 0 saturated carbocycles. The molecule has 0 aliphatic carbocycles. The molecule has 2 unspecified atom stereocenters. The van der Waals surface area contributed by atoms with Gasteiger partial charge in [-0.15, -0.1) is 0 Å². The van der Waals surface area contributed by atoms with Gasteiger partial charge in [-0.3, -0.25) is 0 Å². The second-order valence-corrected chi connectivity index (χ2v) is 9.85. The molecule has 1 saturated heterocycles. The third-order valence-electron chi connectivity index (χ3n) is 5.50. The number of ether oxygens (including phenoxy) is 1. The van der Waals surface area contributed by atoms with E-state index in [0.29, 0.717) is 25.8 Å². The van der Waals surface area contributed by atoms with Gasteiger partial charge in [0.1, 0.15) is 23.8 Å². The third kappa shape index (κ3) is 4.63. The summed E-state index contributed by atoms with van der Waals surface area (Å²) in [6.45, 7) is 0.256. The van der Waals surface area contributed by atoms with Crippen molar-refractivity contribution in [2.45, 2.75) is 29.2 Å². The summed E-state index contributed by atoms with van der Waals surface area (Å²) in [7, 11) is 0. The van der Waals surface area contributed by atoms with Crippen molar-refractivity contribution in [3.63, 3.8) is 0 Å². The number of epoxide rings is 1. The summed E-state index contributed by atoms with van der Waals surface area (Å²) in [5.41, 5.74) is 1.31. The summed E-state index contributed by atoms with van der Waals surface area (Å²) in [6, 6.07) is 19.8. The van der Waals surface area contributed by atoms with E-state index < -0.39 is 17.5 Å². The zero-order valence-corrected chi connectivity index (χ0v) is 20.2. The third-order valence-corrected chi connectivity index (χ3v) is 7.53. The lowest BCUT2D eigenvalue weighted by Crippen LogP contribution is -2.22. The van der Waals surface area contributed by atoms with E-state index in [9.17, 15) is 0 Å². The average Bonchev–Trinajstić information content (AvgIpc) is 3.37. The van der Waals surface area contributed by atoms with Crippen molar-refractivity contribution >= 4 is 46.6 Å². The Morgan fingerprint density at radius 3 is 2.61 bits per heavy atom. The fraction of sp³-hybridized carbons (Fsp3) is 0.167. The largest absolute Gasteiger partial charge is 0.354 e. The van der Waals surface area contributed by atoms with Gasteiger partial charge in [-0.2, -0.15) is 5.10 Å². The molecule has 0 bridgehead atoms. The summed E-state index contributed by atoms with van der Waals surface area (Å²) in [5.74, 6) is 0.329. The van der Waals surface area contributed by atoms with E-state index in [1.807, 2.05) is 24.3 Å². The first-order chi connectivity index (χ1) is 16.0. The average molecular weight is 521 g/mol. The van der Waals surface area contributed by atoms with Gasteiger partial charge in [-0.25, -0.2) is 14.1 Å². The summed E-state index contributed by atoms with van der Waals surface area (Å²) in [6.07, 6.45) is 1.04. The van der Waals surface area contributed by atoms with Crippen molar-refractivity contribution in [2.24, 2.45) is 0 Å². The molecule has 5 rings (SSSR count).